The molecule has 4 rings (SSSR count). The van der Waals surface area contributed by atoms with Gasteiger partial charge in [0.25, 0.3) is 10.0 Å². The van der Waals surface area contributed by atoms with Crippen LogP contribution in [-0.4, -0.2) is 47.9 Å². The molecule has 11 heteroatoms. The molecule has 0 aliphatic carbocycles. The Morgan fingerprint density at radius 1 is 1.30 bits per heavy atom. The van der Waals surface area contributed by atoms with Crippen LogP contribution in [0.5, 0.6) is 0 Å². The van der Waals surface area contributed by atoms with E-state index in [9.17, 15) is 13.2 Å². The van der Waals surface area contributed by atoms with Crippen LogP contribution in [0.3, 0.4) is 0 Å². The van der Waals surface area contributed by atoms with E-state index in [2.05, 4.69) is 10.3 Å². The highest BCUT2D eigenvalue weighted by Gasteiger charge is 2.35. The number of fused-ring (bicyclic) bond motifs is 1. The average molecular weight is 473 g/mol. The van der Waals surface area contributed by atoms with E-state index >= 15 is 0 Å². The standard InChI is InChI=1S/C19H22Cl2N4O4S/c20-15-4-3-13(16(21)8-15)9-22-19(26)14-2-1-5-25(10-14)30(27,28)18-11-24-6-7-29-12-17(24)23-18/h3-4,8,11,14H,1-2,5-7,9-10,12H2,(H,22,26)/t14-/m1/s1. The van der Waals surface area contributed by atoms with Gasteiger partial charge in [-0.05, 0) is 30.5 Å². The lowest BCUT2D eigenvalue weighted by atomic mass is 9.99. The molecule has 3 heterocycles. The third kappa shape index (κ3) is 4.50. The molecule has 1 aromatic carbocycles. The number of sulfonamides is 1. The van der Waals surface area contributed by atoms with Gasteiger partial charge in [0.1, 0.15) is 12.4 Å². The Morgan fingerprint density at radius 2 is 2.13 bits per heavy atom. The van der Waals surface area contributed by atoms with Crippen molar-refractivity contribution in [3.8, 4) is 0 Å². The minimum absolute atomic E-state index is 0.0111. The number of hydrogen-bond donors (Lipinski definition) is 1. The number of ether oxygens (including phenoxy) is 1. The first-order valence-electron chi connectivity index (χ1n) is 9.70. The fourth-order valence-corrected chi connectivity index (χ4v) is 5.65. The van der Waals surface area contributed by atoms with Crippen LogP contribution in [-0.2, 0) is 39.3 Å². The number of hydrogen-bond acceptors (Lipinski definition) is 5. The molecule has 1 amide bonds. The second-order valence-corrected chi connectivity index (χ2v) is 10.1. The summed E-state index contributed by atoms with van der Waals surface area (Å²) in [6.45, 7) is 2.16. The number of carbonyl (C=O) groups is 1. The number of carbonyl (C=O) groups excluding carboxylic acids is 1. The van der Waals surface area contributed by atoms with E-state index in [4.69, 9.17) is 27.9 Å². The van der Waals surface area contributed by atoms with E-state index in [0.717, 1.165) is 5.56 Å². The molecule has 2 aromatic rings. The molecule has 1 N–H and O–H groups in total. The number of benzene rings is 1. The number of halogens is 2. The number of aromatic nitrogens is 2. The van der Waals surface area contributed by atoms with Gasteiger partial charge in [0, 0.05) is 42.4 Å². The molecule has 0 spiro atoms. The molecule has 1 aromatic heterocycles. The van der Waals surface area contributed by atoms with Crippen molar-refractivity contribution in [3.63, 3.8) is 0 Å². The molecule has 8 nitrogen and oxygen atoms in total. The number of amides is 1. The summed E-state index contributed by atoms with van der Waals surface area (Å²) < 4.78 is 34.6. The van der Waals surface area contributed by atoms with Gasteiger partial charge in [0.05, 0.1) is 12.5 Å². The maximum atomic E-state index is 13.1. The van der Waals surface area contributed by atoms with Crippen molar-refractivity contribution in [1.82, 2.24) is 19.2 Å². The Bertz CT molecular complexity index is 1030. The van der Waals surface area contributed by atoms with Crippen molar-refractivity contribution in [3.05, 3.63) is 45.8 Å². The molecule has 0 radical (unpaired) electrons. The lowest BCUT2D eigenvalue weighted by molar-refractivity contribution is -0.126. The SMILES string of the molecule is O=C(NCc1ccc(Cl)cc1Cl)[C@@H]1CCCN(S(=O)(=O)c2cn3c(n2)COCC3)C1. The van der Waals surface area contributed by atoms with Crippen LogP contribution in [0.15, 0.2) is 29.4 Å². The highest BCUT2D eigenvalue weighted by molar-refractivity contribution is 7.89. The van der Waals surface area contributed by atoms with Gasteiger partial charge in [-0.1, -0.05) is 29.3 Å². The summed E-state index contributed by atoms with van der Waals surface area (Å²) in [5.41, 5.74) is 0.750. The van der Waals surface area contributed by atoms with Crippen LogP contribution in [0, 0.1) is 5.92 Å². The monoisotopic (exact) mass is 472 g/mol. The molecule has 2 aliphatic heterocycles. The Morgan fingerprint density at radius 3 is 2.90 bits per heavy atom. The first-order valence-corrected chi connectivity index (χ1v) is 11.9. The summed E-state index contributed by atoms with van der Waals surface area (Å²) in [4.78, 5) is 16.9. The maximum Gasteiger partial charge on any atom is 0.262 e. The number of nitrogens with one attached hydrogen (secondary N) is 1. The second kappa shape index (κ2) is 8.84. The summed E-state index contributed by atoms with van der Waals surface area (Å²) in [6, 6.07) is 5.08. The predicted molar refractivity (Wildman–Crippen MR) is 112 cm³/mol. The van der Waals surface area contributed by atoms with Crippen LogP contribution in [0.2, 0.25) is 10.0 Å². The summed E-state index contributed by atoms with van der Waals surface area (Å²) in [7, 11) is -3.77. The fraction of sp³-hybridized carbons (Fsp3) is 0.474. The summed E-state index contributed by atoms with van der Waals surface area (Å²) in [6.07, 6.45) is 2.79. The zero-order chi connectivity index (χ0) is 21.3. The molecule has 0 saturated carbocycles. The van der Waals surface area contributed by atoms with Gasteiger partial charge in [-0.15, -0.1) is 0 Å². The lowest BCUT2D eigenvalue weighted by Gasteiger charge is -2.30. The van der Waals surface area contributed by atoms with Crippen molar-refractivity contribution >= 4 is 39.1 Å². The highest BCUT2D eigenvalue weighted by atomic mass is 35.5. The van der Waals surface area contributed by atoms with Crippen molar-refractivity contribution in [2.75, 3.05) is 19.7 Å². The van der Waals surface area contributed by atoms with Crippen LogP contribution in [0.25, 0.3) is 0 Å². The maximum absolute atomic E-state index is 13.1. The molecule has 1 saturated heterocycles. The van der Waals surface area contributed by atoms with Gasteiger partial charge in [-0.2, -0.15) is 4.31 Å². The molecule has 162 valence electrons. The third-order valence-electron chi connectivity index (χ3n) is 5.37. The smallest absolute Gasteiger partial charge is 0.262 e. The van der Waals surface area contributed by atoms with E-state index in [1.165, 1.54) is 4.31 Å². The van der Waals surface area contributed by atoms with Gasteiger partial charge in [0.2, 0.25) is 5.91 Å². The summed E-state index contributed by atoms with van der Waals surface area (Å²) in [5, 5.41) is 3.87. The summed E-state index contributed by atoms with van der Waals surface area (Å²) in [5.74, 6) is -0.0235. The lowest BCUT2D eigenvalue weighted by Crippen LogP contribution is -2.45. The quantitative estimate of drug-likeness (QED) is 0.720. The van der Waals surface area contributed by atoms with Crippen LogP contribution < -0.4 is 5.32 Å². The minimum Gasteiger partial charge on any atom is -0.372 e. The van der Waals surface area contributed by atoms with E-state index < -0.39 is 15.9 Å². The van der Waals surface area contributed by atoms with Crippen molar-refractivity contribution in [1.29, 1.82) is 0 Å². The predicted octanol–water partition coefficient (Wildman–Crippen LogP) is 2.44. The summed E-state index contributed by atoms with van der Waals surface area (Å²) >= 11 is 12.0. The molecular formula is C19H22Cl2N4O4S. The molecule has 1 atom stereocenters. The van der Waals surface area contributed by atoms with Crippen LogP contribution in [0.4, 0.5) is 0 Å². The highest BCUT2D eigenvalue weighted by Crippen LogP contribution is 2.25. The van der Waals surface area contributed by atoms with Gasteiger partial charge in [-0.3, -0.25) is 4.79 Å². The van der Waals surface area contributed by atoms with E-state index in [0.29, 0.717) is 55.0 Å². The van der Waals surface area contributed by atoms with Gasteiger partial charge < -0.3 is 14.6 Å². The van der Waals surface area contributed by atoms with Crippen molar-refractivity contribution < 1.29 is 17.9 Å². The third-order valence-corrected chi connectivity index (χ3v) is 7.70. The number of nitrogens with zero attached hydrogens (tertiary/aromatic N) is 3. The molecule has 0 unspecified atom stereocenters. The van der Waals surface area contributed by atoms with Gasteiger partial charge in [0.15, 0.2) is 5.03 Å². The number of imidazole rings is 1. The second-order valence-electron chi connectivity index (χ2n) is 7.40. The largest absolute Gasteiger partial charge is 0.372 e. The van der Waals surface area contributed by atoms with E-state index in [1.807, 2.05) is 0 Å². The minimum atomic E-state index is -3.77. The molecular weight excluding hydrogens is 451 g/mol. The Hall–Kier alpha value is -1.65. The normalized spacial score (nSPS) is 20.0. The fourth-order valence-electron chi connectivity index (χ4n) is 3.69. The first-order chi connectivity index (χ1) is 14.3. The van der Waals surface area contributed by atoms with Crippen LogP contribution in [0.1, 0.15) is 24.2 Å². The van der Waals surface area contributed by atoms with E-state index in [-0.39, 0.29) is 24.0 Å². The topological polar surface area (TPSA) is 93.5 Å². The zero-order valence-electron chi connectivity index (χ0n) is 16.2. The molecule has 0 bridgehead atoms. The Labute approximate surface area is 185 Å². The Kier molecular flexibility index (Phi) is 6.36. The van der Waals surface area contributed by atoms with Crippen molar-refractivity contribution in [2.24, 2.45) is 5.92 Å². The molecule has 2 aliphatic rings. The zero-order valence-corrected chi connectivity index (χ0v) is 18.5. The number of rotatable bonds is 5. The van der Waals surface area contributed by atoms with Crippen molar-refractivity contribution in [2.45, 2.75) is 37.6 Å². The Balaban J connectivity index is 1.42. The van der Waals surface area contributed by atoms with Gasteiger partial charge >= 0.3 is 0 Å². The average Bonchev–Trinajstić information content (AvgIpc) is 3.18. The van der Waals surface area contributed by atoms with Crippen LogP contribution >= 0.6 is 23.2 Å². The molecule has 30 heavy (non-hydrogen) atoms. The first kappa shape index (κ1) is 21.6. The number of piperidine rings is 1. The van der Waals surface area contributed by atoms with E-state index in [1.54, 1.807) is 29.0 Å². The van der Waals surface area contributed by atoms with Gasteiger partial charge in [-0.25, -0.2) is 13.4 Å². The molecule has 1 fully saturated rings.